The summed E-state index contributed by atoms with van der Waals surface area (Å²) >= 11 is 0. The Kier molecular flexibility index (Phi) is 3.05. The lowest BCUT2D eigenvalue weighted by Gasteiger charge is -2.11. The second-order valence-electron chi connectivity index (χ2n) is 3.48. The molecule has 0 spiro atoms. The molecule has 0 aliphatic heterocycles. The quantitative estimate of drug-likeness (QED) is 0.487. The first-order valence-corrected chi connectivity index (χ1v) is 4.22. The van der Waals surface area contributed by atoms with E-state index < -0.39 is 5.97 Å². The Morgan fingerprint density at radius 3 is 2.58 bits per heavy atom. The standard InChI is InChI=1S/C8H15NO3/c10-6-8(2-3-8)5-9-4-1-7(11)12/h9-10H,1-6H2,(H,11,12). The van der Waals surface area contributed by atoms with Crippen LogP contribution in [0.3, 0.4) is 0 Å². The molecule has 1 aliphatic carbocycles. The minimum Gasteiger partial charge on any atom is -0.481 e. The minimum atomic E-state index is -0.781. The Morgan fingerprint density at radius 1 is 1.50 bits per heavy atom. The average molecular weight is 173 g/mol. The minimum absolute atomic E-state index is 0.0818. The number of aliphatic hydroxyl groups is 1. The van der Waals surface area contributed by atoms with E-state index in [9.17, 15) is 4.79 Å². The van der Waals surface area contributed by atoms with Gasteiger partial charge in [-0.2, -0.15) is 0 Å². The van der Waals surface area contributed by atoms with Crippen LogP contribution in [0.4, 0.5) is 0 Å². The van der Waals surface area contributed by atoms with Gasteiger partial charge in [0.2, 0.25) is 0 Å². The summed E-state index contributed by atoms with van der Waals surface area (Å²) in [5, 5.41) is 20.3. The van der Waals surface area contributed by atoms with Crippen molar-refractivity contribution in [1.29, 1.82) is 0 Å². The van der Waals surface area contributed by atoms with Gasteiger partial charge in [-0.15, -0.1) is 0 Å². The van der Waals surface area contributed by atoms with Crippen molar-refractivity contribution in [2.45, 2.75) is 19.3 Å². The van der Waals surface area contributed by atoms with Gasteiger partial charge in [0.15, 0.2) is 0 Å². The summed E-state index contributed by atoms with van der Waals surface area (Å²) in [6.45, 7) is 1.46. The Hall–Kier alpha value is -0.610. The van der Waals surface area contributed by atoms with Gasteiger partial charge < -0.3 is 15.5 Å². The van der Waals surface area contributed by atoms with Gasteiger partial charge in [0, 0.05) is 25.1 Å². The fourth-order valence-corrected chi connectivity index (χ4v) is 1.12. The first-order valence-electron chi connectivity index (χ1n) is 4.22. The smallest absolute Gasteiger partial charge is 0.304 e. The number of carboxylic acid groups (broad SMARTS) is 1. The molecule has 0 aromatic carbocycles. The van der Waals surface area contributed by atoms with Gasteiger partial charge >= 0.3 is 5.97 Å². The molecule has 1 fully saturated rings. The zero-order valence-corrected chi connectivity index (χ0v) is 7.05. The van der Waals surface area contributed by atoms with Gasteiger partial charge in [0.05, 0.1) is 6.42 Å². The topological polar surface area (TPSA) is 69.6 Å². The molecule has 0 unspecified atom stereocenters. The predicted octanol–water partition coefficient (Wildman–Crippen LogP) is -0.177. The van der Waals surface area contributed by atoms with Crippen LogP contribution in [0.1, 0.15) is 19.3 Å². The molecule has 0 aromatic heterocycles. The fourth-order valence-electron chi connectivity index (χ4n) is 1.12. The van der Waals surface area contributed by atoms with E-state index in [-0.39, 0.29) is 18.4 Å². The monoisotopic (exact) mass is 173 g/mol. The molecule has 1 rings (SSSR count). The summed E-state index contributed by atoms with van der Waals surface area (Å²) in [5.74, 6) is -0.781. The number of rotatable bonds is 6. The highest BCUT2D eigenvalue weighted by molar-refractivity contribution is 5.66. The van der Waals surface area contributed by atoms with Crippen LogP contribution in [-0.2, 0) is 4.79 Å². The summed E-state index contributed by atoms with van der Waals surface area (Å²) in [7, 11) is 0. The average Bonchev–Trinajstić information content (AvgIpc) is 2.79. The fraction of sp³-hybridized carbons (Fsp3) is 0.875. The van der Waals surface area contributed by atoms with Crippen molar-refractivity contribution >= 4 is 5.97 Å². The third-order valence-corrected chi connectivity index (χ3v) is 2.31. The molecule has 70 valence electrons. The van der Waals surface area contributed by atoms with E-state index in [1.165, 1.54) is 0 Å². The Balaban J connectivity index is 1.99. The highest BCUT2D eigenvalue weighted by atomic mass is 16.4. The third-order valence-electron chi connectivity index (χ3n) is 2.31. The normalized spacial score (nSPS) is 19.1. The number of nitrogens with one attached hydrogen (secondary N) is 1. The van der Waals surface area contributed by atoms with Crippen molar-refractivity contribution in [2.75, 3.05) is 19.7 Å². The summed E-state index contributed by atoms with van der Waals surface area (Å²) in [6.07, 6.45) is 2.27. The summed E-state index contributed by atoms with van der Waals surface area (Å²) in [4.78, 5) is 10.1. The molecule has 0 bridgehead atoms. The van der Waals surface area contributed by atoms with Crippen molar-refractivity contribution in [3.63, 3.8) is 0 Å². The molecule has 0 heterocycles. The molecule has 0 aromatic rings. The van der Waals surface area contributed by atoms with Gasteiger partial charge in [0.25, 0.3) is 0 Å². The van der Waals surface area contributed by atoms with Crippen LogP contribution in [0.5, 0.6) is 0 Å². The molecule has 12 heavy (non-hydrogen) atoms. The maximum Gasteiger partial charge on any atom is 0.304 e. The van der Waals surface area contributed by atoms with Crippen LogP contribution in [0.2, 0.25) is 0 Å². The highest BCUT2D eigenvalue weighted by Crippen LogP contribution is 2.44. The van der Waals surface area contributed by atoms with Crippen molar-refractivity contribution in [3.8, 4) is 0 Å². The van der Waals surface area contributed by atoms with E-state index in [2.05, 4.69) is 5.32 Å². The largest absolute Gasteiger partial charge is 0.481 e. The lowest BCUT2D eigenvalue weighted by atomic mass is 10.1. The van der Waals surface area contributed by atoms with E-state index >= 15 is 0 Å². The number of hydrogen-bond donors (Lipinski definition) is 3. The molecule has 0 saturated heterocycles. The Labute approximate surface area is 71.6 Å². The van der Waals surface area contributed by atoms with Gasteiger partial charge in [-0.3, -0.25) is 4.79 Å². The van der Waals surface area contributed by atoms with Crippen LogP contribution in [0.25, 0.3) is 0 Å². The maximum atomic E-state index is 10.1. The predicted molar refractivity (Wildman–Crippen MR) is 43.9 cm³/mol. The van der Waals surface area contributed by atoms with E-state index in [0.29, 0.717) is 6.54 Å². The molecular weight excluding hydrogens is 158 g/mol. The lowest BCUT2D eigenvalue weighted by molar-refractivity contribution is -0.136. The number of aliphatic carboxylic acids is 1. The first-order chi connectivity index (χ1) is 5.68. The molecule has 0 radical (unpaired) electrons. The zero-order valence-electron chi connectivity index (χ0n) is 7.05. The second kappa shape index (κ2) is 3.87. The maximum absolute atomic E-state index is 10.1. The van der Waals surface area contributed by atoms with Gasteiger partial charge in [-0.25, -0.2) is 0 Å². The van der Waals surface area contributed by atoms with Crippen molar-refractivity contribution in [2.24, 2.45) is 5.41 Å². The molecule has 1 aliphatic rings. The van der Waals surface area contributed by atoms with Crippen LogP contribution < -0.4 is 5.32 Å². The van der Waals surface area contributed by atoms with Gasteiger partial charge in [-0.1, -0.05) is 0 Å². The number of carboxylic acids is 1. The van der Waals surface area contributed by atoms with Crippen LogP contribution >= 0.6 is 0 Å². The molecule has 4 nitrogen and oxygen atoms in total. The third kappa shape index (κ3) is 2.79. The van der Waals surface area contributed by atoms with E-state index in [0.717, 1.165) is 19.4 Å². The lowest BCUT2D eigenvalue weighted by Crippen LogP contribution is -2.28. The molecule has 4 heteroatoms. The Morgan fingerprint density at radius 2 is 2.17 bits per heavy atom. The molecule has 3 N–H and O–H groups in total. The van der Waals surface area contributed by atoms with Crippen molar-refractivity contribution < 1.29 is 15.0 Å². The molecule has 0 amide bonds. The van der Waals surface area contributed by atoms with Crippen LogP contribution in [0.15, 0.2) is 0 Å². The number of hydrogen-bond acceptors (Lipinski definition) is 3. The van der Waals surface area contributed by atoms with Crippen LogP contribution in [0, 0.1) is 5.41 Å². The second-order valence-corrected chi connectivity index (χ2v) is 3.48. The number of aliphatic hydroxyl groups excluding tert-OH is 1. The van der Waals surface area contributed by atoms with Gasteiger partial charge in [-0.05, 0) is 12.8 Å². The van der Waals surface area contributed by atoms with Crippen molar-refractivity contribution in [3.05, 3.63) is 0 Å². The van der Waals surface area contributed by atoms with Crippen molar-refractivity contribution in [1.82, 2.24) is 5.32 Å². The van der Waals surface area contributed by atoms with E-state index in [1.807, 2.05) is 0 Å². The summed E-state index contributed by atoms with van der Waals surface area (Å²) < 4.78 is 0. The molecule has 1 saturated carbocycles. The summed E-state index contributed by atoms with van der Waals surface area (Å²) in [5.41, 5.74) is 0.0818. The molecular formula is C8H15NO3. The zero-order chi connectivity index (χ0) is 9.03. The number of carbonyl (C=O) groups is 1. The highest BCUT2D eigenvalue weighted by Gasteiger charge is 2.41. The van der Waals surface area contributed by atoms with E-state index in [1.54, 1.807) is 0 Å². The van der Waals surface area contributed by atoms with Gasteiger partial charge in [0.1, 0.15) is 0 Å². The summed E-state index contributed by atoms with van der Waals surface area (Å²) in [6, 6.07) is 0. The SMILES string of the molecule is O=C(O)CCNCC1(CO)CC1. The Bertz CT molecular complexity index is 166. The first kappa shape index (κ1) is 9.48. The van der Waals surface area contributed by atoms with E-state index in [4.69, 9.17) is 10.2 Å². The molecule has 0 atom stereocenters. The van der Waals surface area contributed by atoms with Crippen LogP contribution in [-0.4, -0.2) is 35.9 Å².